The first kappa shape index (κ1) is 17.7. The SMILES string of the molecule is O=[N+]([O-])c1cccc(-c2cn3c(=S)c(-c4cc(Cl)ccc4Cl)cnc3[nH]2)c1. The monoisotopic (exact) mass is 416 g/mol. The van der Waals surface area contributed by atoms with Crippen LogP contribution in [0.4, 0.5) is 5.69 Å². The average Bonchev–Trinajstić information content (AvgIpc) is 3.10. The number of nitro groups is 1. The summed E-state index contributed by atoms with van der Waals surface area (Å²) >= 11 is 18.0. The Balaban J connectivity index is 1.88. The number of halogens is 2. The van der Waals surface area contributed by atoms with Crippen molar-refractivity contribution in [2.45, 2.75) is 0 Å². The van der Waals surface area contributed by atoms with Crippen molar-refractivity contribution in [3.63, 3.8) is 0 Å². The minimum absolute atomic E-state index is 0.00844. The molecule has 134 valence electrons. The van der Waals surface area contributed by atoms with E-state index in [9.17, 15) is 10.1 Å². The molecule has 2 aromatic heterocycles. The minimum atomic E-state index is -0.435. The molecule has 0 aliphatic heterocycles. The van der Waals surface area contributed by atoms with Crippen molar-refractivity contribution in [3.05, 3.63) is 79.7 Å². The molecule has 0 unspecified atom stereocenters. The van der Waals surface area contributed by atoms with E-state index in [2.05, 4.69) is 9.97 Å². The Hall–Kier alpha value is -2.74. The number of non-ortho nitro benzene ring substituents is 1. The summed E-state index contributed by atoms with van der Waals surface area (Å²) in [5.41, 5.74) is 2.68. The molecular weight excluding hydrogens is 407 g/mol. The average molecular weight is 417 g/mol. The van der Waals surface area contributed by atoms with Gasteiger partial charge < -0.3 is 4.98 Å². The Morgan fingerprint density at radius 1 is 1.15 bits per heavy atom. The number of nitro benzene ring substituents is 1. The third-order valence-electron chi connectivity index (χ3n) is 4.08. The number of benzene rings is 2. The fourth-order valence-electron chi connectivity index (χ4n) is 2.79. The minimum Gasteiger partial charge on any atom is -0.323 e. The molecule has 0 fully saturated rings. The normalized spacial score (nSPS) is 11.0. The molecule has 0 aliphatic carbocycles. The second-order valence-electron chi connectivity index (χ2n) is 5.77. The van der Waals surface area contributed by atoms with Gasteiger partial charge in [0.05, 0.1) is 10.6 Å². The van der Waals surface area contributed by atoms with Crippen LogP contribution >= 0.6 is 35.4 Å². The van der Waals surface area contributed by atoms with Crippen molar-refractivity contribution in [1.29, 1.82) is 0 Å². The molecule has 4 rings (SSSR count). The Kier molecular flexibility index (Phi) is 4.43. The van der Waals surface area contributed by atoms with Crippen LogP contribution in [0.2, 0.25) is 10.0 Å². The number of nitrogens with one attached hydrogen (secondary N) is 1. The number of nitrogens with zero attached hydrogens (tertiary/aromatic N) is 3. The maximum Gasteiger partial charge on any atom is 0.270 e. The van der Waals surface area contributed by atoms with E-state index in [0.717, 1.165) is 0 Å². The van der Waals surface area contributed by atoms with Crippen molar-refractivity contribution in [1.82, 2.24) is 14.4 Å². The molecule has 0 bridgehead atoms. The molecule has 6 nitrogen and oxygen atoms in total. The number of hydrogen-bond donors (Lipinski definition) is 1. The zero-order chi connectivity index (χ0) is 19.1. The van der Waals surface area contributed by atoms with Crippen molar-refractivity contribution >= 4 is 46.9 Å². The highest BCUT2D eigenvalue weighted by Crippen LogP contribution is 2.32. The molecular formula is C18H10Cl2N4O2S. The van der Waals surface area contributed by atoms with Gasteiger partial charge in [0.15, 0.2) is 0 Å². The lowest BCUT2D eigenvalue weighted by molar-refractivity contribution is -0.384. The Morgan fingerprint density at radius 3 is 2.74 bits per heavy atom. The number of aromatic nitrogens is 3. The summed E-state index contributed by atoms with van der Waals surface area (Å²) in [5, 5.41) is 12.1. The highest BCUT2D eigenvalue weighted by atomic mass is 35.5. The number of hydrogen-bond acceptors (Lipinski definition) is 4. The van der Waals surface area contributed by atoms with Gasteiger partial charge in [-0.25, -0.2) is 4.98 Å². The number of imidazole rings is 1. The zero-order valence-electron chi connectivity index (χ0n) is 13.5. The van der Waals surface area contributed by atoms with E-state index in [1.54, 1.807) is 47.1 Å². The first-order valence-corrected chi connectivity index (χ1v) is 8.91. The molecule has 0 saturated carbocycles. The lowest BCUT2D eigenvalue weighted by atomic mass is 10.1. The number of aromatic amines is 1. The Bertz CT molecular complexity index is 1270. The molecule has 4 aromatic rings. The molecule has 0 spiro atoms. The molecule has 0 radical (unpaired) electrons. The summed E-state index contributed by atoms with van der Waals surface area (Å²) in [6.07, 6.45) is 3.38. The summed E-state index contributed by atoms with van der Waals surface area (Å²) in [6, 6.07) is 11.5. The third-order valence-corrected chi connectivity index (χ3v) is 5.07. The predicted molar refractivity (Wildman–Crippen MR) is 108 cm³/mol. The first-order valence-electron chi connectivity index (χ1n) is 7.74. The Labute approximate surface area is 168 Å². The van der Waals surface area contributed by atoms with E-state index in [1.807, 2.05) is 0 Å². The van der Waals surface area contributed by atoms with E-state index in [4.69, 9.17) is 35.4 Å². The second kappa shape index (κ2) is 6.77. The zero-order valence-corrected chi connectivity index (χ0v) is 15.8. The van der Waals surface area contributed by atoms with Crippen molar-refractivity contribution < 1.29 is 4.92 Å². The van der Waals surface area contributed by atoms with Gasteiger partial charge in [0.1, 0.15) is 4.64 Å². The van der Waals surface area contributed by atoms with Crippen LogP contribution < -0.4 is 0 Å². The molecule has 1 N–H and O–H groups in total. The fourth-order valence-corrected chi connectivity index (χ4v) is 3.48. The number of rotatable bonds is 3. The summed E-state index contributed by atoms with van der Waals surface area (Å²) in [4.78, 5) is 18.1. The van der Waals surface area contributed by atoms with Crippen LogP contribution in [0.25, 0.3) is 28.2 Å². The van der Waals surface area contributed by atoms with Gasteiger partial charge in [-0.1, -0.05) is 47.6 Å². The van der Waals surface area contributed by atoms with Gasteiger partial charge in [-0.3, -0.25) is 14.5 Å². The summed E-state index contributed by atoms with van der Waals surface area (Å²) in [7, 11) is 0. The molecule has 27 heavy (non-hydrogen) atoms. The number of H-pyrrole nitrogens is 1. The maximum atomic E-state index is 11.0. The van der Waals surface area contributed by atoms with Gasteiger partial charge in [0, 0.05) is 51.3 Å². The highest BCUT2D eigenvalue weighted by Gasteiger charge is 2.13. The van der Waals surface area contributed by atoms with Crippen LogP contribution in [0.1, 0.15) is 0 Å². The predicted octanol–water partition coefficient (Wildman–Crippen LogP) is 5.94. The Morgan fingerprint density at radius 2 is 1.96 bits per heavy atom. The van der Waals surface area contributed by atoms with E-state index in [1.165, 1.54) is 12.1 Å². The summed E-state index contributed by atoms with van der Waals surface area (Å²) < 4.78 is 2.20. The van der Waals surface area contributed by atoms with E-state index < -0.39 is 4.92 Å². The molecule has 2 aromatic carbocycles. The largest absolute Gasteiger partial charge is 0.323 e. The van der Waals surface area contributed by atoms with Crippen LogP contribution in [-0.4, -0.2) is 19.3 Å². The molecule has 0 saturated heterocycles. The van der Waals surface area contributed by atoms with Gasteiger partial charge in [-0.2, -0.15) is 0 Å². The highest BCUT2D eigenvalue weighted by molar-refractivity contribution is 7.71. The smallest absolute Gasteiger partial charge is 0.270 e. The number of fused-ring (bicyclic) bond motifs is 1. The van der Waals surface area contributed by atoms with E-state index >= 15 is 0 Å². The van der Waals surface area contributed by atoms with E-state index in [-0.39, 0.29) is 5.69 Å². The van der Waals surface area contributed by atoms with Crippen LogP contribution in [0.5, 0.6) is 0 Å². The van der Waals surface area contributed by atoms with Crippen LogP contribution in [-0.2, 0) is 0 Å². The van der Waals surface area contributed by atoms with Gasteiger partial charge in [-0.05, 0) is 18.2 Å². The second-order valence-corrected chi connectivity index (χ2v) is 7.00. The lowest BCUT2D eigenvalue weighted by Crippen LogP contribution is -1.93. The first-order chi connectivity index (χ1) is 12.9. The van der Waals surface area contributed by atoms with Crippen LogP contribution in [0.15, 0.2) is 54.9 Å². The summed E-state index contributed by atoms with van der Waals surface area (Å²) in [6.45, 7) is 0. The van der Waals surface area contributed by atoms with Crippen LogP contribution in [0.3, 0.4) is 0 Å². The quantitative estimate of drug-likeness (QED) is 0.254. The molecule has 0 atom stereocenters. The van der Waals surface area contributed by atoms with Crippen molar-refractivity contribution in [2.75, 3.05) is 0 Å². The lowest BCUT2D eigenvalue weighted by Gasteiger charge is -2.06. The van der Waals surface area contributed by atoms with E-state index in [0.29, 0.717) is 42.8 Å². The summed E-state index contributed by atoms with van der Waals surface area (Å²) in [5.74, 6) is 0.517. The van der Waals surface area contributed by atoms with Gasteiger partial charge in [-0.15, -0.1) is 0 Å². The molecule has 2 heterocycles. The maximum absolute atomic E-state index is 11.0. The molecule has 0 aliphatic rings. The van der Waals surface area contributed by atoms with Crippen LogP contribution in [0, 0.1) is 14.8 Å². The molecule has 9 heteroatoms. The van der Waals surface area contributed by atoms with Crippen molar-refractivity contribution in [3.8, 4) is 22.4 Å². The van der Waals surface area contributed by atoms with Gasteiger partial charge in [0.25, 0.3) is 5.69 Å². The third kappa shape index (κ3) is 3.21. The van der Waals surface area contributed by atoms with Gasteiger partial charge >= 0.3 is 0 Å². The standard InChI is InChI=1S/C18H10Cl2N4O2S/c19-11-4-5-15(20)13(7-11)14-8-21-18-22-16(9-23(18)17(14)27)10-2-1-3-12(6-10)24(25)26/h1-9H,(H,21,22). The van der Waals surface area contributed by atoms with Crippen molar-refractivity contribution in [2.24, 2.45) is 0 Å². The topological polar surface area (TPSA) is 76.2 Å². The fraction of sp³-hybridized carbons (Fsp3) is 0. The molecule has 0 amide bonds. The van der Waals surface area contributed by atoms with Gasteiger partial charge in [0.2, 0.25) is 5.78 Å².